The summed E-state index contributed by atoms with van der Waals surface area (Å²) in [5.74, 6) is -0.188. The number of hydrogen-bond donors (Lipinski definition) is 1. The number of hydrogen-bond acceptors (Lipinski definition) is 4. The molecule has 120 valence electrons. The molecule has 0 unspecified atom stereocenters. The first-order chi connectivity index (χ1) is 10.5. The zero-order valence-corrected chi connectivity index (χ0v) is 13.0. The van der Waals surface area contributed by atoms with Crippen molar-refractivity contribution in [2.45, 2.75) is 26.4 Å². The van der Waals surface area contributed by atoms with Gasteiger partial charge < -0.3 is 19.6 Å². The average molecular weight is 306 g/mol. The lowest BCUT2D eigenvalue weighted by Gasteiger charge is -2.28. The number of ether oxygens (including phenoxy) is 1. The zero-order chi connectivity index (χ0) is 16.1. The molecule has 2 amide bonds. The number of benzene rings is 1. The molecule has 6 nitrogen and oxygen atoms in total. The van der Waals surface area contributed by atoms with Crippen LogP contribution in [0.15, 0.2) is 24.3 Å². The molecule has 1 fully saturated rings. The molecule has 0 saturated carbocycles. The second-order valence-electron chi connectivity index (χ2n) is 5.31. The van der Waals surface area contributed by atoms with Crippen LogP contribution in [0.2, 0.25) is 0 Å². The first-order valence-electron chi connectivity index (χ1n) is 7.47. The lowest BCUT2D eigenvalue weighted by molar-refractivity contribution is -0.125. The van der Waals surface area contributed by atoms with Crippen LogP contribution in [-0.4, -0.2) is 49.3 Å². The van der Waals surface area contributed by atoms with Crippen molar-refractivity contribution in [2.24, 2.45) is 0 Å². The Hall–Kier alpha value is -1.92. The maximum absolute atomic E-state index is 11.8. The highest BCUT2D eigenvalue weighted by atomic mass is 16.5. The minimum Gasteiger partial charge on any atom is -0.391 e. The Morgan fingerprint density at radius 3 is 2.64 bits per heavy atom. The number of aliphatic hydroxyl groups is 1. The maximum atomic E-state index is 11.8. The maximum Gasteiger partial charge on any atom is 0.253 e. The Kier molecular flexibility index (Phi) is 5.51. The Balaban J connectivity index is 2.15. The van der Waals surface area contributed by atoms with Crippen molar-refractivity contribution in [1.29, 1.82) is 0 Å². The van der Waals surface area contributed by atoms with Gasteiger partial charge >= 0.3 is 0 Å². The van der Waals surface area contributed by atoms with Gasteiger partial charge in [0.05, 0.1) is 19.3 Å². The molecular formula is C16H22N2O4. The molecule has 1 aliphatic rings. The van der Waals surface area contributed by atoms with E-state index in [1.165, 1.54) is 6.92 Å². The summed E-state index contributed by atoms with van der Waals surface area (Å²) in [4.78, 5) is 26.8. The fourth-order valence-electron chi connectivity index (χ4n) is 2.36. The van der Waals surface area contributed by atoms with E-state index in [0.29, 0.717) is 25.3 Å². The zero-order valence-electron chi connectivity index (χ0n) is 13.0. The van der Waals surface area contributed by atoms with Gasteiger partial charge in [0.25, 0.3) is 5.91 Å². The Bertz CT molecular complexity index is 529. The quantitative estimate of drug-likeness (QED) is 0.886. The van der Waals surface area contributed by atoms with E-state index >= 15 is 0 Å². The predicted molar refractivity (Wildman–Crippen MR) is 83.9 cm³/mol. The third-order valence-corrected chi connectivity index (χ3v) is 3.70. The third-order valence-electron chi connectivity index (χ3n) is 3.70. The minimum atomic E-state index is -0.551. The van der Waals surface area contributed by atoms with E-state index in [-0.39, 0.29) is 25.0 Å². The van der Waals surface area contributed by atoms with Crippen LogP contribution >= 0.6 is 0 Å². The van der Waals surface area contributed by atoms with E-state index < -0.39 is 6.10 Å². The van der Waals surface area contributed by atoms with Crippen molar-refractivity contribution in [1.82, 2.24) is 0 Å². The normalized spacial score (nSPS) is 16.5. The smallest absolute Gasteiger partial charge is 0.253 e. The summed E-state index contributed by atoms with van der Waals surface area (Å²) < 4.78 is 5.11. The number of morpholine rings is 1. The number of carbonyl (C=O) groups is 2. The topological polar surface area (TPSA) is 70.1 Å². The molecule has 1 aromatic carbocycles. The number of carbonyl (C=O) groups excluding carboxylic acids is 2. The number of aliphatic hydroxyl groups excluding tert-OH is 1. The van der Waals surface area contributed by atoms with Crippen LogP contribution in [0.3, 0.4) is 0 Å². The lowest BCUT2D eigenvalue weighted by Crippen LogP contribution is -2.41. The van der Waals surface area contributed by atoms with E-state index in [1.807, 2.05) is 19.1 Å². The molecule has 22 heavy (non-hydrogen) atoms. The first kappa shape index (κ1) is 16.5. The second-order valence-corrected chi connectivity index (χ2v) is 5.31. The van der Waals surface area contributed by atoms with Gasteiger partial charge in [-0.15, -0.1) is 0 Å². The summed E-state index contributed by atoms with van der Waals surface area (Å²) >= 11 is 0. The number of nitrogens with zero attached hydrogens (tertiary/aromatic N) is 2. The van der Waals surface area contributed by atoms with Crippen molar-refractivity contribution in [3.05, 3.63) is 24.3 Å². The largest absolute Gasteiger partial charge is 0.391 e. The van der Waals surface area contributed by atoms with Gasteiger partial charge in [-0.25, -0.2) is 0 Å². The molecule has 1 aromatic rings. The Morgan fingerprint density at radius 1 is 1.41 bits per heavy atom. The molecule has 1 N–H and O–H groups in total. The minimum absolute atomic E-state index is 0.0659. The van der Waals surface area contributed by atoms with E-state index in [4.69, 9.17) is 4.74 Å². The highest BCUT2D eigenvalue weighted by Gasteiger charge is 2.21. The van der Waals surface area contributed by atoms with Gasteiger partial charge in [-0.05, 0) is 30.7 Å². The molecule has 1 saturated heterocycles. The third kappa shape index (κ3) is 3.84. The fraction of sp³-hybridized carbons (Fsp3) is 0.500. The van der Waals surface area contributed by atoms with Crippen LogP contribution in [0.4, 0.5) is 11.4 Å². The second kappa shape index (κ2) is 7.38. The van der Waals surface area contributed by atoms with E-state index in [1.54, 1.807) is 21.9 Å². The van der Waals surface area contributed by atoms with Crippen molar-refractivity contribution >= 4 is 23.2 Å². The summed E-state index contributed by atoms with van der Waals surface area (Å²) in [5, 5.41) is 9.77. The van der Waals surface area contributed by atoms with Gasteiger partial charge in [0.1, 0.15) is 6.61 Å². The van der Waals surface area contributed by atoms with Crippen molar-refractivity contribution in [3.63, 3.8) is 0 Å². The van der Waals surface area contributed by atoms with Crippen LogP contribution in [0.5, 0.6) is 0 Å². The predicted octanol–water partition coefficient (Wildman–Crippen LogP) is 1.17. The van der Waals surface area contributed by atoms with Gasteiger partial charge in [-0.2, -0.15) is 0 Å². The molecule has 1 atom stereocenters. The SMILES string of the molecule is CC[C@H](O)CN(C(C)=O)c1ccc(N2CCOCC2=O)cc1. The van der Waals surface area contributed by atoms with Gasteiger partial charge in [-0.3, -0.25) is 9.59 Å². The number of amides is 2. The monoisotopic (exact) mass is 306 g/mol. The first-order valence-corrected chi connectivity index (χ1v) is 7.47. The fourth-order valence-corrected chi connectivity index (χ4v) is 2.36. The van der Waals surface area contributed by atoms with Gasteiger partial charge in [0, 0.05) is 24.8 Å². The number of rotatable bonds is 5. The number of anilines is 2. The van der Waals surface area contributed by atoms with Crippen LogP contribution in [0.1, 0.15) is 20.3 Å². The molecule has 2 rings (SSSR count). The van der Waals surface area contributed by atoms with Gasteiger partial charge in [0.2, 0.25) is 5.91 Å². The molecule has 0 aromatic heterocycles. The molecule has 1 heterocycles. The molecular weight excluding hydrogens is 284 g/mol. The van der Waals surface area contributed by atoms with Crippen LogP contribution in [0.25, 0.3) is 0 Å². The molecule has 6 heteroatoms. The van der Waals surface area contributed by atoms with Crippen molar-refractivity contribution < 1.29 is 19.4 Å². The average Bonchev–Trinajstić information content (AvgIpc) is 2.53. The summed E-state index contributed by atoms with van der Waals surface area (Å²) in [6.07, 6.45) is 0.0360. The Labute approximate surface area is 130 Å². The van der Waals surface area contributed by atoms with E-state index in [2.05, 4.69) is 0 Å². The standard InChI is InChI=1S/C16H22N2O4/c1-3-15(20)10-18(12(2)19)14-6-4-13(5-7-14)17-8-9-22-11-16(17)21/h4-7,15,20H,3,8-11H2,1-2H3/t15-/m0/s1. The highest BCUT2D eigenvalue weighted by Crippen LogP contribution is 2.22. The van der Waals surface area contributed by atoms with Crippen molar-refractivity contribution in [2.75, 3.05) is 36.1 Å². The molecule has 1 aliphatic heterocycles. The summed E-state index contributed by atoms with van der Waals surface area (Å²) in [6.45, 7) is 4.77. The summed E-state index contributed by atoms with van der Waals surface area (Å²) in [6, 6.07) is 7.21. The molecule has 0 spiro atoms. The molecule has 0 aliphatic carbocycles. The van der Waals surface area contributed by atoms with Crippen LogP contribution < -0.4 is 9.80 Å². The Morgan fingerprint density at radius 2 is 2.09 bits per heavy atom. The van der Waals surface area contributed by atoms with Gasteiger partial charge in [0.15, 0.2) is 0 Å². The van der Waals surface area contributed by atoms with Gasteiger partial charge in [-0.1, -0.05) is 6.92 Å². The van der Waals surface area contributed by atoms with E-state index in [9.17, 15) is 14.7 Å². The summed E-state index contributed by atoms with van der Waals surface area (Å²) in [5.41, 5.74) is 1.50. The molecule has 0 radical (unpaired) electrons. The van der Waals surface area contributed by atoms with Crippen LogP contribution in [-0.2, 0) is 14.3 Å². The highest BCUT2D eigenvalue weighted by molar-refractivity contribution is 5.96. The van der Waals surface area contributed by atoms with E-state index in [0.717, 1.165) is 5.69 Å². The van der Waals surface area contributed by atoms with Crippen LogP contribution in [0, 0.1) is 0 Å². The van der Waals surface area contributed by atoms with Crippen molar-refractivity contribution in [3.8, 4) is 0 Å². The lowest BCUT2D eigenvalue weighted by atomic mass is 10.2. The molecule has 0 bridgehead atoms. The summed E-state index contributed by atoms with van der Waals surface area (Å²) in [7, 11) is 0.